The van der Waals surface area contributed by atoms with Crippen molar-refractivity contribution in [3.05, 3.63) is 81.7 Å². The van der Waals surface area contributed by atoms with E-state index >= 15 is 4.39 Å². The van der Waals surface area contributed by atoms with E-state index in [4.69, 9.17) is 11.6 Å². The number of nitrogens with one attached hydrogen (secondary N) is 1. The highest BCUT2D eigenvalue weighted by Crippen LogP contribution is 2.40. The van der Waals surface area contributed by atoms with Crippen molar-refractivity contribution in [1.82, 2.24) is 29.9 Å². The van der Waals surface area contributed by atoms with Crippen LogP contribution in [0.3, 0.4) is 0 Å². The number of hydrogen-bond donors (Lipinski definition) is 1. The van der Waals surface area contributed by atoms with Gasteiger partial charge in [0, 0.05) is 12.1 Å². The summed E-state index contributed by atoms with van der Waals surface area (Å²) in [5.41, 5.74) is -2.79. The molecule has 1 aliphatic heterocycles. The lowest BCUT2D eigenvalue weighted by Crippen LogP contribution is -2.33. The third-order valence-electron chi connectivity index (χ3n) is 6.07. The van der Waals surface area contributed by atoms with Crippen molar-refractivity contribution < 1.29 is 31.1 Å². The van der Waals surface area contributed by atoms with Crippen LogP contribution in [0.5, 0.6) is 0 Å². The summed E-state index contributed by atoms with van der Waals surface area (Å²) in [5, 5.41) is 6.86. The lowest BCUT2D eigenvalue weighted by molar-refractivity contribution is -0.137. The first-order valence-corrected chi connectivity index (χ1v) is 11.0. The number of likely N-dealkylation sites (tertiary alicyclic amines) is 1. The smallest absolute Gasteiger partial charge is 0.340 e. The standard InChI is InChI=1S/C23H15ClF6N6O/c1-9-5-15(21-33-13-6-11(23(28,29)30)12(24)7-14(13)34-21)35(8-9)22(37)16-17(25)10(2)18(26)19(27)20(16)36-31-3-4-32-36/h3-4,6-7,15H,1,5,8H2,2H3,(H,33,34). The molecule has 3 heterocycles. The van der Waals surface area contributed by atoms with E-state index in [1.54, 1.807) is 0 Å². The second-order valence-corrected chi connectivity index (χ2v) is 8.89. The zero-order valence-corrected chi connectivity index (χ0v) is 19.6. The van der Waals surface area contributed by atoms with Crippen molar-refractivity contribution in [3.8, 4) is 5.69 Å². The molecule has 7 nitrogen and oxygen atoms in total. The van der Waals surface area contributed by atoms with Gasteiger partial charge in [-0.05, 0) is 25.5 Å². The minimum absolute atomic E-state index is 0.00733. The molecule has 1 amide bonds. The van der Waals surface area contributed by atoms with Gasteiger partial charge in [-0.3, -0.25) is 4.79 Å². The molecule has 1 aliphatic rings. The molecule has 4 aromatic rings. The summed E-state index contributed by atoms with van der Waals surface area (Å²) in [7, 11) is 0. The van der Waals surface area contributed by atoms with Crippen LogP contribution in [0.25, 0.3) is 16.7 Å². The van der Waals surface area contributed by atoms with Gasteiger partial charge < -0.3 is 9.88 Å². The third-order valence-corrected chi connectivity index (χ3v) is 6.38. The molecule has 0 radical (unpaired) electrons. The van der Waals surface area contributed by atoms with E-state index in [1.165, 1.54) is 0 Å². The fourth-order valence-electron chi connectivity index (χ4n) is 4.31. The Bertz CT molecular complexity index is 1580. The van der Waals surface area contributed by atoms with E-state index in [9.17, 15) is 26.7 Å². The van der Waals surface area contributed by atoms with Gasteiger partial charge >= 0.3 is 6.18 Å². The van der Waals surface area contributed by atoms with Gasteiger partial charge in [0.2, 0.25) is 0 Å². The Hall–Kier alpha value is -3.87. The van der Waals surface area contributed by atoms with Crippen LogP contribution >= 0.6 is 11.6 Å². The number of aromatic nitrogens is 5. The lowest BCUT2D eigenvalue weighted by Gasteiger charge is -2.24. The van der Waals surface area contributed by atoms with Crippen molar-refractivity contribution in [1.29, 1.82) is 0 Å². The minimum Gasteiger partial charge on any atom is -0.340 e. The van der Waals surface area contributed by atoms with E-state index in [-0.39, 0.29) is 29.8 Å². The highest BCUT2D eigenvalue weighted by Gasteiger charge is 2.40. The van der Waals surface area contributed by atoms with Gasteiger partial charge in [0.05, 0.1) is 40.1 Å². The molecular weight excluding hydrogens is 526 g/mol. The van der Waals surface area contributed by atoms with Gasteiger partial charge in [-0.1, -0.05) is 23.8 Å². The first-order valence-electron chi connectivity index (χ1n) is 10.7. The lowest BCUT2D eigenvalue weighted by atomic mass is 10.0. The van der Waals surface area contributed by atoms with Crippen molar-refractivity contribution in [2.24, 2.45) is 0 Å². The number of rotatable bonds is 3. The predicted molar refractivity (Wildman–Crippen MR) is 120 cm³/mol. The molecule has 5 rings (SSSR count). The fourth-order valence-corrected chi connectivity index (χ4v) is 4.57. The van der Waals surface area contributed by atoms with Crippen LogP contribution in [-0.2, 0) is 6.18 Å². The highest BCUT2D eigenvalue weighted by molar-refractivity contribution is 6.32. The first kappa shape index (κ1) is 24.8. The largest absolute Gasteiger partial charge is 0.417 e. The van der Waals surface area contributed by atoms with Crippen LogP contribution in [0.1, 0.15) is 39.8 Å². The number of H-pyrrole nitrogens is 1. The maximum absolute atomic E-state index is 15.3. The van der Waals surface area contributed by atoms with Gasteiger partial charge in [0.15, 0.2) is 11.6 Å². The number of nitrogens with zero attached hydrogens (tertiary/aromatic N) is 5. The maximum Gasteiger partial charge on any atom is 0.417 e. The molecule has 0 spiro atoms. The summed E-state index contributed by atoms with van der Waals surface area (Å²) in [4.78, 5) is 22.4. The summed E-state index contributed by atoms with van der Waals surface area (Å²) in [5.74, 6) is -5.29. The Labute approximate surface area is 209 Å². The van der Waals surface area contributed by atoms with Crippen molar-refractivity contribution in [2.45, 2.75) is 25.6 Å². The van der Waals surface area contributed by atoms with Crippen LogP contribution in [0, 0.1) is 24.4 Å². The van der Waals surface area contributed by atoms with Crippen LogP contribution in [0.2, 0.25) is 5.02 Å². The average molecular weight is 541 g/mol. The summed E-state index contributed by atoms with van der Waals surface area (Å²) >= 11 is 5.79. The number of alkyl halides is 3. The van der Waals surface area contributed by atoms with Gasteiger partial charge in [0.25, 0.3) is 5.91 Å². The molecule has 1 saturated heterocycles. The number of carbonyl (C=O) groups excluding carboxylic acids is 1. The number of halogens is 7. The molecule has 0 saturated carbocycles. The van der Waals surface area contributed by atoms with E-state index in [0.717, 1.165) is 36.4 Å². The number of aromatic amines is 1. The minimum atomic E-state index is -4.71. The molecule has 1 fully saturated rings. The van der Waals surface area contributed by atoms with Gasteiger partial charge in [-0.15, -0.1) is 4.80 Å². The summed E-state index contributed by atoms with van der Waals surface area (Å²) in [6.07, 6.45) is -2.30. The van der Waals surface area contributed by atoms with Crippen molar-refractivity contribution >= 4 is 28.5 Å². The van der Waals surface area contributed by atoms with Crippen molar-refractivity contribution in [2.75, 3.05) is 6.54 Å². The van der Waals surface area contributed by atoms with Crippen molar-refractivity contribution in [3.63, 3.8) is 0 Å². The van der Waals surface area contributed by atoms with Gasteiger partial charge in [-0.25, -0.2) is 18.2 Å². The summed E-state index contributed by atoms with van der Waals surface area (Å²) in [6, 6.07) is 0.909. The van der Waals surface area contributed by atoms with Crippen LogP contribution in [-0.4, -0.2) is 42.3 Å². The summed E-state index contributed by atoms with van der Waals surface area (Å²) in [6.45, 7) is 4.73. The third kappa shape index (κ3) is 4.02. The van der Waals surface area contributed by atoms with E-state index < -0.39 is 63.0 Å². The molecule has 0 aliphatic carbocycles. The Morgan fingerprint density at radius 1 is 1.14 bits per heavy atom. The zero-order valence-electron chi connectivity index (χ0n) is 18.8. The molecule has 14 heteroatoms. The topological polar surface area (TPSA) is 79.7 Å². The average Bonchev–Trinajstić information content (AvgIpc) is 3.57. The molecule has 0 bridgehead atoms. The first-order chi connectivity index (χ1) is 17.4. The molecule has 2 aromatic carbocycles. The number of carbonyl (C=O) groups is 1. The Morgan fingerprint density at radius 3 is 2.46 bits per heavy atom. The highest BCUT2D eigenvalue weighted by atomic mass is 35.5. The predicted octanol–water partition coefficient (Wildman–Crippen LogP) is 5.68. The summed E-state index contributed by atoms with van der Waals surface area (Å²) < 4.78 is 84.5. The van der Waals surface area contributed by atoms with Gasteiger partial charge in [0.1, 0.15) is 22.9 Å². The number of fused-ring (bicyclic) bond motifs is 1. The quantitative estimate of drug-likeness (QED) is 0.206. The number of hydrogen-bond acceptors (Lipinski definition) is 4. The SMILES string of the molecule is C=C1CC(c2nc3cc(Cl)c(C(F)(F)F)cc3[nH]2)N(C(=O)c2c(F)c(C)c(F)c(F)c2-n2nccn2)C1. The van der Waals surface area contributed by atoms with E-state index in [0.29, 0.717) is 10.4 Å². The zero-order chi connectivity index (χ0) is 26.8. The molecule has 192 valence electrons. The monoisotopic (exact) mass is 540 g/mol. The van der Waals surface area contributed by atoms with Crippen LogP contribution in [0.4, 0.5) is 26.3 Å². The second-order valence-electron chi connectivity index (χ2n) is 8.48. The number of benzene rings is 2. The molecule has 1 unspecified atom stereocenters. The molecule has 1 atom stereocenters. The molecular formula is C23H15ClF6N6O. The Kier molecular flexibility index (Phi) is 5.77. The van der Waals surface area contributed by atoms with Gasteiger partial charge in [-0.2, -0.15) is 23.4 Å². The molecule has 37 heavy (non-hydrogen) atoms. The molecule has 1 N–H and O–H groups in total. The second kappa shape index (κ2) is 8.61. The molecule has 2 aromatic heterocycles. The fraction of sp³-hybridized carbons (Fsp3) is 0.217. The maximum atomic E-state index is 15.3. The van der Waals surface area contributed by atoms with E-state index in [2.05, 4.69) is 26.7 Å². The van der Waals surface area contributed by atoms with Crippen LogP contribution in [0.15, 0.2) is 36.7 Å². The Balaban J connectivity index is 1.62. The number of amides is 1. The van der Waals surface area contributed by atoms with E-state index in [1.807, 2.05) is 0 Å². The number of imidazole rings is 1. The Morgan fingerprint density at radius 2 is 1.81 bits per heavy atom. The van der Waals surface area contributed by atoms with Crippen LogP contribution < -0.4 is 0 Å². The normalized spacial score (nSPS) is 16.3.